The van der Waals surface area contributed by atoms with E-state index in [2.05, 4.69) is 5.32 Å². The number of hydrogen-bond donors (Lipinski definition) is 1. The Balaban J connectivity index is 1.96. The van der Waals surface area contributed by atoms with E-state index in [1.54, 1.807) is 12.1 Å². The maximum absolute atomic E-state index is 13.5. The van der Waals surface area contributed by atoms with Crippen LogP contribution in [-0.4, -0.2) is 10.5 Å². The number of rotatable bonds is 4. The molecule has 0 aliphatic rings. The van der Waals surface area contributed by atoms with Crippen LogP contribution in [0.2, 0.25) is 0 Å². The van der Waals surface area contributed by atoms with Crippen molar-refractivity contribution in [1.29, 1.82) is 5.26 Å². The molecule has 6 heteroatoms. The van der Waals surface area contributed by atoms with Gasteiger partial charge in [-0.05, 0) is 62.2 Å². The lowest BCUT2D eigenvalue weighted by Gasteiger charge is -2.06. The number of amides is 1. The number of hydrogen-bond acceptors (Lipinski definition) is 4. The number of aromatic nitrogens is 1. The maximum atomic E-state index is 13.5. The summed E-state index contributed by atoms with van der Waals surface area (Å²) in [5.74, 6) is -0.559. The van der Waals surface area contributed by atoms with Crippen molar-refractivity contribution >= 4 is 34.6 Å². The molecule has 0 saturated carbocycles. The highest BCUT2D eigenvalue weighted by Gasteiger charge is 2.17. The molecule has 4 rings (SSSR count). The van der Waals surface area contributed by atoms with E-state index in [-0.39, 0.29) is 11.1 Å². The second kappa shape index (κ2) is 9.74. The van der Waals surface area contributed by atoms with Gasteiger partial charge in [0.15, 0.2) is 5.57 Å². The second-order valence-corrected chi connectivity index (χ2v) is 9.09. The van der Waals surface area contributed by atoms with Crippen molar-refractivity contribution in [3.05, 3.63) is 115 Å². The summed E-state index contributed by atoms with van der Waals surface area (Å²) in [7, 11) is 0. The molecule has 168 valence electrons. The number of anilines is 1. The van der Waals surface area contributed by atoms with Crippen LogP contribution in [0.3, 0.4) is 0 Å². The van der Waals surface area contributed by atoms with Gasteiger partial charge < -0.3 is 5.32 Å². The maximum Gasteiger partial charge on any atom is 0.273 e. The minimum absolute atomic E-state index is 0.118. The van der Waals surface area contributed by atoms with E-state index in [1.807, 2.05) is 93.6 Å². The van der Waals surface area contributed by atoms with Crippen LogP contribution in [0.4, 0.5) is 5.69 Å². The van der Waals surface area contributed by atoms with E-state index in [4.69, 9.17) is 0 Å². The molecule has 4 aromatic rings. The fourth-order valence-electron chi connectivity index (χ4n) is 3.49. The summed E-state index contributed by atoms with van der Waals surface area (Å²) in [6.45, 7) is 5.89. The molecule has 0 radical (unpaired) electrons. The van der Waals surface area contributed by atoms with Crippen molar-refractivity contribution in [3.8, 4) is 11.8 Å². The smallest absolute Gasteiger partial charge is 0.273 e. The molecule has 0 atom stereocenters. The molecule has 1 amide bonds. The molecule has 5 nitrogen and oxygen atoms in total. The van der Waals surface area contributed by atoms with E-state index in [9.17, 15) is 14.9 Å². The van der Waals surface area contributed by atoms with Crippen LogP contribution in [0.25, 0.3) is 17.3 Å². The Hall–Kier alpha value is -4.21. The minimum atomic E-state index is -0.559. The summed E-state index contributed by atoms with van der Waals surface area (Å²) in [4.78, 5) is 26.6. The van der Waals surface area contributed by atoms with Gasteiger partial charge in [-0.1, -0.05) is 59.7 Å². The number of carbonyl (C=O) groups is 1. The highest BCUT2D eigenvalue weighted by Crippen LogP contribution is 2.12. The summed E-state index contributed by atoms with van der Waals surface area (Å²) in [6.07, 6.45) is 1.81. The Kier molecular flexibility index (Phi) is 6.58. The molecular formula is C28H23N3O2S. The Morgan fingerprint density at radius 1 is 0.941 bits per heavy atom. The first kappa shape index (κ1) is 23.0. The van der Waals surface area contributed by atoms with Gasteiger partial charge >= 0.3 is 0 Å². The highest BCUT2D eigenvalue weighted by atomic mass is 32.1. The molecule has 0 fully saturated rings. The third-order valence-electron chi connectivity index (χ3n) is 5.45. The first-order chi connectivity index (χ1) is 16.4. The van der Waals surface area contributed by atoms with Gasteiger partial charge in [0.25, 0.3) is 11.5 Å². The Labute approximate surface area is 201 Å². The molecule has 0 aliphatic heterocycles. The standard InChI is InChI=1S/C28H23N3O2S/c1-18-8-12-22(13-9-18)30-26(32)24(17-29)28-31(23-14-10-19(2)11-15-23)27(33)25(34-28)16-21-7-5-4-6-20(21)3/h4-16H,1-3H3,(H,30,32). The molecule has 1 N–H and O–H groups in total. The van der Waals surface area contributed by atoms with Crippen molar-refractivity contribution in [2.24, 2.45) is 0 Å². The summed E-state index contributed by atoms with van der Waals surface area (Å²) in [5.41, 5.74) is 4.83. The van der Waals surface area contributed by atoms with E-state index >= 15 is 0 Å². The zero-order valence-electron chi connectivity index (χ0n) is 19.1. The summed E-state index contributed by atoms with van der Waals surface area (Å²) >= 11 is 1.14. The van der Waals surface area contributed by atoms with Crippen LogP contribution >= 0.6 is 11.3 Å². The van der Waals surface area contributed by atoms with Crippen molar-refractivity contribution in [2.45, 2.75) is 20.8 Å². The van der Waals surface area contributed by atoms with Crippen molar-refractivity contribution in [1.82, 2.24) is 4.57 Å². The molecule has 1 heterocycles. The molecule has 34 heavy (non-hydrogen) atoms. The number of carbonyl (C=O) groups excluding carboxylic acids is 1. The van der Waals surface area contributed by atoms with Gasteiger partial charge in [0, 0.05) is 5.69 Å². The van der Waals surface area contributed by atoms with Gasteiger partial charge in [0.1, 0.15) is 10.7 Å². The van der Waals surface area contributed by atoms with E-state index < -0.39 is 5.91 Å². The quantitative estimate of drug-likeness (QED) is 0.496. The summed E-state index contributed by atoms with van der Waals surface area (Å²) in [5, 5.41) is 12.7. The molecule has 0 unspecified atom stereocenters. The van der Waals surface area contributed by atoms with Crippen LogP contribution in [0.5, 0.6) is 0 Å². The van der Waals surface area contributed by atoms with E-state index in [0.717, 1.165) is 33.6 Å². The number of nitrogens with one attached hydrogen (secondary N) is 1. The second-order valence-electron chi connectivity index (χ2n) is 8.06. The summed E-state index contributed by atoms with van der Waals surface area (Å²) in [6, 6.07) is 24.5. The SMILES string of the molecule is Cc1ccc(NC(=O)C(C#N)=c2sc(=Cc3ccccc3C)c(=O)n2-c2ccc(C)cc2)cc1. The average molecular weight is 466 g/mol. The lowest BCUT2D eigenvalue weighted by molar-refractivity contribution is -0.111. The molecule has 0 spiro atoms. The molecule has 3 aromatic carbocycles. The van der Waals surface area contributed by atoms with Crippen LogP contribution in [0.1, 0.15) is 22.3 Å². The summed E-state index contributed by atoms with van der Waals surface area (Å²) < 4.78 is 2.18. The average Bonchev–Trinajstić information content (AvgIpc) is 3.13. The van der Waals surface area contributed by atoms with E-state index in [1.165, 1.54) is 4.57 Å². The topological polar surface area (TPSA) is 74.9 Å². The molecule has 0 bridgehead atoms. The zero-order chi connectivity index (χ0) is 24.2. The lowest BCUT2D eigenvalue weighted by atomic mass is 10.1. The van der Waals surface area contributed by atoms with Gasteiger partial charge in [-0.3, -0.25) is 14.2 Å². The van der Waals surface area contributed by atoms with Crippen LogP contribution in [-0.2, 0) is 4.79 Å². The van der Waals surface area contributed by atoms with Gasteiger partial charge in [-0.2, -0.15) is 5.26 Å². The Morgan fingerprint density at radius 2 is 1.56 bits per heavy atom. The van der Waals surface area contributed by atoms with Crippen LogP contribution < -0.4 is 20.1 Å². The molecular weight excluding hydrogens is 442 g/mol. The fourth-order valence-corrected chi connectivity index (χ4v) is 4.59. The number of aryl methyl sites for hydroxylation is 3. The molecule has 0 saturated heterocycles. The van der Waals surface area contributed by atoms with Gasteiger partial charge in [0.05, 0.1) is 10.2 Å². The largest absolute Gasteiger partial charge is 0.321 e. The predicted octanol–water partition coefficient (Wildman–Crippen LogP) is 3.97. The van der Waals surface area contributed by atoms with Crippen LogP contribution in [0, 0.1) is 32.1 Å². The molecule has 1 aromatic heterocycles. The molecule has 0 aliphatic carbocycles. The Bertz CT molecular complexity index is 1590. The van der Waals surface area contributed by atoms with Crippen molar-refractivity contribution in [2.75, 3.05) is 5.32 Å². The van der Waals surface area contributed by atoms with Crippen LogP contribution in [0.15, 0.2) is 77.6 Å². The van der Waals surface area contributed by atoms with Crippen molar-refractivity contribution < 1.29 is 4.79 Å². The lowest BCUT2D eigenvalue weighted by Crippen LogP contribution is -2.32. The first-order valence-electron chi connectivity index (χ1n) is 10.8. The van der Waals surface area contributed by atoms with E-state index in [0.29, 0.717) is 20.6 Å². The zero-order valence-corrected chi connectivity index (χ0v) is 19.9. The highest BCUT2D eigenvalue weighted by molar-refractivity contribution is 7.07. The fraction of sp³-hybridized carbons (Fsp3) is 0.107. The number of nitrogens with zero attached hydrogens (tertiary/aromatic N) is 2. The minimum Gasteiger partial charge on any atom is -0.321 e. The monoisotopic (exact) mass is 465 g/mol. The predicted molar refractivity (Wildman–Crippen MR) is 137 cm³/mol. The first-order valence-corrected chi connectivity index (χ1v) is 11.6. The third kappa shape index (κ3) is 4.75. The van der Waals surface area contributed by atoms with Crippen molar-refractivity contribution in [3.63, 3.8) is 0 Å². The number of benzene rings is 3. The Morgan fingerprint density at radius 3 is 2.18 bits per heavy atom. The number of nitriles is 1. The third-order valence-corrected chi connectivity index (χ3v) is 6.55. The number of thiazole rings is 1. The van der Waals surface area contributed by atoms with Gasteiger partial charge in [0.2, 0.25) is 0 Å². The normalized spacial score (nSPS) is 12.2. The van der Waals surface area contributed by atoms with Gasteiger partial charge in [-0.15, -0.1) is 11.3 Å². The van der Waals surface area contributed by atoms with Gasteiger partial charge in [-0.25, -0.2) is 0 Å².